The van der Waals surface area contributed by atoms with Crippen LogP contribution in [-0.2, 0) is 0 Å². The van der Waals surface area contributed by atoms with Gasteiger partial charge < -0.3 is 5.32 Å². The first-order chi connectivity index (χ1) is 7.85. The van der Waals surface area contributed by atoms with Crippen LogP contribution >= 0.6 is 31.9 Å². The second-order valence-corrected chi connectivity index (χ2v) is 7.06. The zero-order chi connectivity index (χ0) is 13.1. The van der Waals surface area contributed by atoms with Gasteiger partial charge >= 0.3 is 0 Å². The van der Waals surface area contributed by atoms with Crippen molar-refractivity contribution in [2.24, 2.45) is 5.41 Å². The van der Waals surface area contributed by atoms with Crippen LogP contribution in [0, 0.1) is 5.41 Å². The predicted octanol–water partition coefficient (Wildman–Crippen LogP) is 5.30. The van der Waals surface area contributed by atoms with Gasteiger partial charge in [-0.15, -0.1) is 0 Å². The number of nitrogens with one attached hydrogen (secondary N) is 1. The maximum atomic E-state index is 3.62. The lowest BCUT2D eigenvalue weighted by molar-refractivity contribution is 0.313. The molecular formula is C14H21Br2N. The van der Waals surface area contributed by atoms with Crippen LogP contribution in [0.4, 0.5) is 0 Å². The molecule has 3 heteroatoms. The summed E-state index contributed by atoms with van der Waals surface area (Å²) < 4.78 is 2.26. The van der Waals surface area contributed by atoms with Gasteiger partial charge in [0.1, 0.15) is 0 Å². The molecule has 1 atom stereocenters. The van der Waals surface area contributed by atoms with Crippen molar-refractivity contribution in [3.63, 3.8) is 0 Å². The minimum absolute atomic E-state index is 0.357. The summed E-state index contributed by atoms with van der Waals surface area (Å²) in [7, 11) is 0. The van der Waals surface area contributed by atoms with Crippen LogP contribution in [0.2, 0.25) is 0 Å². The zero-order valence-electron chi connectivity index (χ0n) is 11.0. The molecule has 0 fully saturated rings. The fraction of sp³-hybridized carbons (Fsp3) is 0.571. The standard InChI is InChI=1S/C14H21Br2N/c1-5-14(3,4)9-17-10(2)12-7-6-11(15)8-13(12)16/h6-8,10,17H,5,9H2,1-4H3. The summed E-state index contributed by atoms with van der Waals surface area (Å²) in [6.07, 6.45) is 1.19. The molecule has 96 valence electrons. The first-order valence-electron chi connectivity index (χ1n) is 6.04. The fourth-order valence-corrected chi connectivity index (χ4v) is 2.91. The summed E-state index contributed by atoms with van der Waals surface area (Å²) in [5, 5.41) is 3.61. The van der Waals surface area contributed by atoms with E-state index in [0.717, 1.165) is 15.5 Å². The summed E-state index contributed by atoms with van der Waals surface area (Å²) >= 11 is 7.09. The summed E-state index contributed by atoms with van der Waals surface area (Å²) in [5.41, 5.74) is 1.66. The molecule has 0 aliphatic rings. The molecule has 0 saturated carbocycles. The van der Waals surface area contributed by atoms with Crippen LogP contribution in [0.1, 0.15) is 45.7 Å². The van der Waals surface area contributed by atoms with E-state index >= 15 is 0 Å². The molecule has 0 heterocycles. The molecule has 1 nitrogen and oxygen atoms in total. The van der Waals surface area contributed by atoms with Gasteiger partial charge in [-0.25, -0.2) is 0 Å². The summed E-state index contributed by atoms with van der Waals surface area (Å²) in [6, 6.07) is 6.70. The van der Waals surface area contributed by atoms with Gasteiger partial charge in [-0.3, -0.25) is 0 Å². The Morgan fingerprint density at radius 3 is 2.47 bits per heavy atom. The van der Waals surface area contributed by atoms with E-state index in [1.54, 1.807) is 0 Å². The van der Waals surface area contributed by atoms with Gasteiger partial charge in [-0.2, -0.15) is 0 Å². The number of hydrogen-bond acceptors (Lipinski definition) is 1. The smallest absolute Gasteiger partial charge is 0.0303 e. The lowest BCUT2D eigenvalue weighted by atomic mass is 9.90. The topological polar surface area (TPSA) is 12.0 Å². The van der Waals surface area contributed by atoms with E-state index in [0.29, 0.717) is 11.5 Å². The summed E-state index contributed by atoms with van der Waals surface area (Å²) in [4.78, 5) is 0. The van der Waals surface area contributed by atoms with Crippen molar-refractivity contribution in [3.05, 3.63) is 32.7 Å². The van der Waals surface area contributed by atoms with Crippen LogP contribution in [0.25, 0.3) is 0 Å². The van der Waals surface area contributed by atoms with Crippen molar-refractivity contribution in [1.82, 2.24) is 5.32 Å². The number of halogens is 2. The van der Waals surface area contributed by atoms with Crippen molar-refractivity contribution in [3.8, 4) is 0 Å². The Bertz CT molecular complexity index is 374. The van der Waals surface area contributed by atoms with Crippen LogP contribution in [0.5, 0.6) is 0 Å². The van der Waals surface area contributed by atoms with Crippen LogP contribution in [0.15, 0.2) is 27.1 Å². The number of rotatable bonds is 5. The van der Waals surface area contributed by atoms with E-state index in [9.17, 15) is 0 Å². The van der Waals surface area contributed by atoms with Crippen molar-refractivity contribution in [1.29, 1.82) is 0 Å². The highest BCUT2D eigenvalue weighted by Crippen LogP contribution is 2.27. The quantitative estimate of drug-likeness (QED) is 0.749. The molecule has 1 unspecified atom stereocenters. The van der Waals surface area contributed by atoms with Gasteiger partial charge in [-0.05, 0) is 36.5 Å². The molecule has 0 aliphatic heterocycles. The fourth-order valence-electron chi connectivity index (χ4n) is 1.52. The lowest BCUT2D eigenvalue weighted by Gasteiger charge is -2.26. The molecule has 0 amide bonds. The van der Waals surface area contributed by atoms with Crippen LogP contribution < -0.4 is 5.32 Å². The number of hydrogen-bond donors (Lipinski definition) is 1. The van der Waals surface area contributed by atoms with Crippen molar-refractivity contribution in [2.45, 2.75) is 40.2 Å². The van der Waals surface area contributed by atoms with Crippen molar-refractivity contribution < 1.29 is 0 Å². The first kappa shape index (κ1) is 15.2. The van der Waals surface area contributed by atoms with E-state index in [1.807, 2.05) is 0 Å². The van der Waals surface area contributed by atoms with E-state index in [4.69, 9.17) is 0 Å². The highest BCUT2D eigenvalue weighted by molar-refractivity contribution is 9.11. The Hall–Kier alpha value is 0.140. The molecular weight excluding hydrogens is 342 g/mol. The molecule has 17 heavy (non-hydrogen) atoms. The largest absolute Gasteiger partial charge is 0.310 e. The second kappa shape index (κ2) is 6.35. The Labute approximate surface area is 122 Å². The van der Waals surface area contributed by atoms with E-state index in [-0.39, 0.29) is 0 Å². The van der Waals surface area contributed by atoms with Crippen molar-refractivity contribution in [2.75, 3.05) is 6.54 Å². The van der Waals surface area contributed by atoms with Crippen LogP contribution in [-0.4, -0.2) is 6.54 Å². The maximum absolute atomic E-state index is 3.62. The summed E-state index contributed by atoms with van der Waals surface area (Å²) in [5.74, 6) is 0. The Balaban J connectivity index is 2.67. The molecule has 0 aromatic heterocycles. The van der Waals surface area contributed by atoms with E-state index in [1.165, 1.54) is 12.0 Å². The van der Waals surface area contributed by atoms with Gasteiger partial charge in [0.15, 0.2) is 0 Å². The Morgan fingerprint density at radius 2 is 1.94 bits per heavy atom. The molecule has 1 aromatic rings. The van der Waals surface area contributed by atoms with Gasteiger partial charge in [-0.1, -0.05) is 58.7 Å². The third-order valence-electron chi connectivity index (χ3n) is 3.27. The second-order valence-electron chi connectivity index (χ2n) is 5.29. The normalized spacial score (nSPS) is 13.8. The molecule has 1 aromatic carbocycles. The third kappa shape index (κ3) is 4.72. The van der Waals surface area contributed by atoms with Crippen LogP contribution in [0.3, 0.4) is 0 Å². The minimum atomic E-state index is 0.357. The average Bonchev–Trinajstić information content (AvgIpc) is 2.26. The van der Waals surface area contributed by atoms with Gasteiger partial charge in [0.25, 0.3) is 0 Å². The van der Waals surface area contributed by atoms with Gasteiger partial charge in [0.05, 0.1) is 0 Å². The predicted molar refractivity (Wildman–Crippen MR) is 82.3 cm³/mol. The first-order valence-corrected chi connectivity index (χ1v) is 7.62. The minimum Gasteiger partial charge on any atom is -0.310 e. The molecule has 0 bridgehead atoms. The SMILES string of the molecule is CCC(C)(C)CNC(C)c1ccc(Br)cc1Br. The van der Waals surface area contributed by atoms with Gasteiger partial charge in [0.2, 0.25) is 0 Å². The molecule has 0 aliphatic carbocycles. The molecule has 0 saturated heterocycles. The third-order valence-corrected chi connectivity index (χ3v) is 4.45. The van der Waals surface area contributed by atoms with E-state index < -0.39 is 0 Å². The monoisotopic (exact) mass is 361 g/mol. The molecule has 1 N–H and O–H groups in total. The Morgan fingerprint density at radius 1 is 1.29 bits per heavy atom. The summed E-state index contributed by atoms with van der Waals surface area (Å²) in [6.45, 7) is 10.1. The van der Waals surface area contributed by atoms with E-state index in [2.05, 4.69) is 83.1 Å². The molecule has 0 radical (unpaired) electrons. The lowest BCUT2D eigenvalue weighted by Crippen LogP contribution is -2.31. The maximum Gasteiger partial charge on any atom is 0.0303 e. The van der Waals surface area contributed by atoms with Crippen molar-refractivity contribution >= 4 is 31.9 Å². The van der Waals surface area contributed by atoms with Gasteiger partial charge in [0, 0.05) is 21.5 Å². The Kier molecular flexibility index (Phi) is 5.68. The molecule has 0 spiro atoms. The zero-order valence-corrected chi connectivity index (χ0v) is 14.2. The molecule has 1 rings (SSSR count). The highest BCUT2D eigenvalue weighted by Gasteiger charge is 2.17. The highest BCUT2D eigenvalue weighted by atomic mass is 79.9. The average molecular weight is 363 g/mol. The number of benzene rings is 1.